The highest BCUT2D eigenvalue weighted by Crippen LogP contribution is 2.28. The quantitative estimate of drug-likeness (QED) is 0.900. The van der Waals surface area contributed by atoms with Crippen molar-refractivity contribution in [3.8, 4) is 0 Å². The average Bonchev–Trinajstić information content (AvgIpc) is 2.32. The van der Waals surface area contributed by atoms with Crippen LogP contribution in [0.5, 0.6) is 0 Å². The van der Waals surface area contributed by atoms with Crippen LogP contribution < -0.4 is 10.9 Å². The van der Waals surface area contributed by atoms with Crippen molar-refractivity contribution in [1.82, 2.24) is 9.97 Å². The molecule has 4 nitrogen and oxygen atoms in total. The van der Waals surface area contributed by atoms with E-state index in [2.05, 4.69) is 31.2 Å². The van der Waals surface area contributed by atoms with E-state index >= 15 is 0 Å². The van der Waals surface area contributed by atoms with E-state index in [0.29, 0.717) is 27.2 Å². The first-order valence-electron chi connectivity index (χ1n) is 6.18. The van der Waals surface area contributed by atoms with Gasteiger partial charge in [-0.15, -0.1) is 0 Å². The zero-order valence-corrected chi connectivity index (χ0v) is 13.0. The van der Waals surface area contributed by atoms with Gasteiger partial charge in [0.15, 0.2) is 0 Å². The van der Waals surface area contributed by atoms with Crippen LogP contribution in [0.15, 0.2) is 27.5 Å². The number of para-hydroxylation sites is 1. The predicted molar refractivity (Wildman–Crippen MR) is 80.5 cm³/mol. The second-order valence-corrected chi connectivity index (χ2v) is 5.47. The smallest absolute Gasteiger partial charge is 0.256 e. The Morgan fingerprint density at radius 1 is 1.40 bits per heavy atom. The molecular formula is C14H15BrFN3O. The van der Waals surface area contributed by atoms with Gasteiger partial charge in [-0.1, -0.05) is 6.07 Å². The van der Waals surface area contributed by atoms with Crippen LogP contribution in [-0.2, 0) is 0 Å². The van der Waals surface area contributed by atoms with Gasteiger partial charge in [-0.25, -0.2) is 9.37 Å². The molecule has 0 spiro atoms. The summed E-state index contributed by atoms with van der Waals surface area (Å²) in [4.78, 5) is 18.9. The van der Waals surface area contributed by atoms with Gasteiger partial charge >= 0.3 is 0 Å². The molecule has 0 radical (unpaired) electrons. The van der Waals surface area contributed by atoms with Gasteiger partial charge in [0.2, 0.25) is 0 Å². The normalized spacial score (nSPS) is 12.2. The van der Waals surface area contributed by atoms with E-state index in [-0.39, 0.29) is 17.4 Å². The van der Waals surface area contributed by atoms with Crippen LogP contribution in [0.4, 0.5) is 10.1 Å². The average molecular weight is 340 g/mol. The zero-order valence-electron chi connectivity index (χ0n) is 11.4. The summed E-state index contributed by atoms with van der Waals surface area (Å²) in [5.41, 5.74) is 1.27. The number of H-pyrrole nitrogens is 1. The van der Waals surface area contributed by atoms with Crippen molar-refractivity contribution >= 4 is 21.6 Å². The highest BCUT2D eigenvalue weighted by molar-refractivity contribution is 9.10. The minimum atomic E-state index is -0.375. The predicted octanol–water partition coefficient (Wildman–Crippen LogP) is 3.46. The van der Waals surface area contributed by atoms with Gasteiger partial charge in [0.1, 0.15) is 11.6 Å². The van der Waals surface area contributed by atoms with Crippen molar-refractivity contribution in [2.24, 2.45) is 0 Å². The minimum Gasteiger partial charge on any atom is -0.375 e. The Kier molecular flexibility index (Phi) is 4.23. The van der Waals surface area contributed by atoms with Crippen LogP contribution in [-0.4, -0.2) is 9.97 Å². The summed E-state index contributed by atoms with van der Waals surface area (Å²) in [7, 11) is 0. The van der Waals surface area contributed by atoms with Gasteiger partial charge in [0, 0.05) is 4.47 Å². The van der Waals surface area contributed by atoms with Crippen molar-refractivity contribution in [2.45, 2.75) is 26.8 Å². The standard InChI is InChI=1S/C14H15BrFN3O/c1-7-12(14(20)19-9(3)17-7)8(2)18-13-10(15)5-4-6-11(13)16/h4-6,8,18H,1-3H3,(H,17,19,20). The van der Waals surface area contributed by atoms with Gasteiger partial charge in [-0.05, 0) is 48.8 Å². The molecule has 0 aliphatic rings. The van der Waals surface area contributed by atoms with E-state index in [1.807, 2.05) is 0 Å². The molecule has 1 atom stereocenters. The SMILES string of the molecule is Cc1nc(C)c(C(C)Nc2c(F)cccc2Br)c(=O)[nH]1. The van der Waals surface area contributed by atoms with Crippen molar-refractivity contribution in [2.75, 3.05) is 5.32 Å². The van der Waals surface area contributed by atoms with Crippen molar-refractivity contribution in [1.29, 1.82) is 0 Å². The molecule has 6 heteroatoms. The third-order valence-electron chi connectivity index (χ3n) is 3.02. The number of aromatic amines is 1. The lowest BCUT2D eigenvalue weighted by Crippen LogP contribution is -2.23. The zero-order chi connectivity index (χ0) is 14.9. The van der Waals surface area contributed by atoms with E-state index < -0.39 is 0 Å². The summed E-state index contributed by atoms with van der Waals surface area (Å²) in [6.07, 6.45) is 0. The molecule has 0 saturated heterocycles. The fourth-order valence-electron chi connectivity index (χ4n) is 2.17. The number of benzene rings is 1. The lowest BCUT2D eigenvalue weighted by atomic mass is 10.1. The first-order valence-corrected chi connectivity index (χ1v) is 6.97. The largest absolute Gasteiger partial charge is 0.375 e. The Bertz CT molecular complexity index is 679. The number of halogens is 2. The molecule has 0 saturated carbocycles. The van der Waals surface area contributed by atoms with E-state index in [9.17, 15) is 9.18 Å². The van der Waals surface area contributed by atoms with E-state index in [4.69, 9.17) is 0 Å². The van der Waals surface area contributed by atoms with Crippen LogP contribution in [0.1, 0.15) is 30.0 Å². The molecule has 1 aromatic heterocycles. The summed E-state index contributed by atoms with van der Waals surface area (Å²) in [5, 5.41) is 3.01. The number of aryl methyl sites for hydroxylation is 2. The number of rotatable bonds is 3. The maximum absolute atomic E-state index is 13.8. The van der Waals surface area contributed by atoms with Crippen LogP contribution in [0, 0.1) is 19.7 Å². The minimum absolute atomic E-state index is 0.206. The summed E-state index contributed by atoms with van der Waals surface area (Å²) in [6, 6.07) is 4.35. The lowest BCUT2D eigenvalue weighted by Gasteiger charge is -2.18. The Morgan fingerprint density at radius 3 is 2.70 bits per heavy atom. The maximum atomic E-state index is 13.8. The Balaban J connectivity index is 2.39. The maximum Gasteiger partial charge on any atom is 0.256 e. The first-order chi connectivity index (χ1) is 9.40. The van der Waals surface area contributed by atoms with Crippen LogP contribution in [0.25, 0.3) is 0 Å². The topological polar surface area (TPSA) is 57.8 Å². The van der Waals surface area contributed by atoms with E-state index in [1.165, 1.54) is 6.07 Å². The Labute approximate surface area is 124 Å². The number of hydrogen-bond donors (Lipinski definition) is 2. The molecule has 0 amide bonds. The number of nitrogens with zero attached hydrogens (tertiary/aromatic N) is 1. The number of hydrogen-bond acceptors (Lipinski definition) is 3. The van der Waals surface area contributed by atoms with E-state index in [0.717, 1.165) is 0 Å². The summed E-state index contributed by atoms with van der Waals surface area (Å²) >= 11 is 3.29. The summed E-state index contributed by atoms with van der Waals surface area (Å²) < 4.78 is 14.4. The summed E-state index contributed by atoms with van der Waals surface area (Å²) in [6.45, 7) is 5.29. The van der Waals surface area contributed by atoms with Crippen molar-refractivity contribution in [3.05, 3.63) is 55.9 Å². The monoisotopic (exact) mass is 339 g/mol. The summed E-state index contributed by atoms with van der Waals surface area (Å²) in [5.74, 6) is 0.191. The molecule has 0 aliphatic carbocycles. The number of anilines is 1. The fourth-order valence-corrected chi connectivity index (χ4v) is 2.63. The van der Waals surface area contributed by atoms with Gasteiger partial charge in [-0.2, -0.15) is 0 Å². The fraction of sp³-hybridized carbons (Fsp3) is 0.286. The first kappa shape index (κ1) is 14.7. The van der Waals surface area contributed by atoms with Crippen LogP contribution in [0.2, 0.25) is 0 Å². The van der Waals surface area contributed by atoms with Crippen LogP contribution in [0.3, 0.4) is 0 Å². The second kappa shape index (κ2) is 5.75. The second-order valence-electron chi connectivity index (χ2n) is 4.61. The van der Waals surface area contributed by atoms with Gasteiger partial charge in [-0.3, -0.25) is 4.79 Å². The van der Waals surface area contributed by atoms with Crippen molar-refractivity contribution < 1.29 is 4.39 Å². The Hall–Kier alpha value is -1.69. The molecule has 1 aromatic carbocycles. The highest BCUT2D eigenvalue weighted by atomic mass is 79.9. The lowest BCUT2D eigenvalue weighted by molar-refractivity contribution is 0.626. The molecule has 1 heterocycles. The van der Waals surface area contributed by atoms with Gasteiger partial charge < -0.3 is 10.3 Å². The molecule has 106 valence electrons. The molecule has 0 bridgehead atoms. The number of aromatic nitrogens is 2. The highest BCUT2D eigenvalue weighted by Gasteiger charge is 2.17. The molecule has 2 N–H and O–H groups in total. The molecule has 2 aromatic rings. The molecular weight excluding hydrogens is 325 g/mol. The molecule has 20 heavy (non-hydrogen) atoms. The third-order valence-corrected chi connectivity index (χ3v) is 3.68. The molecule has 2 rings (SSSR count). The van der Waals surface area contributed by atoms with Gasteiger partial charge in [0.05, 0.1) is 23.0 Å². The third kappa shape index (κ3) is 2.90. The van der Waals surface area contributed by atoms with Gasteiger partial charge in [0.25, 0.3) is 5.56 Å². The number of nitrogens with one attached hydrogen (secondary N) is 2. The van der Waals surface area contributed by atoms with E-state index in [1.54, 1.807) is 32.9 Å². The Morgan fingerprint density at radius 2 is 2.10 bits per heavy atom. The van der Waals surface area contributed by atoms with Crippen LogP contribution >= 0.6 is 15.9 Å². The molecule has 1 unspecified atom stereocenters. The molecule has 0 fully saturated rings. The molecule has 0 aliphatic heterocycles. The van der Waals surface area contributed by atoms with Crippen molar-refractivity contribution in [3.63, 3.8) is 0 Å².